The number of halogens is 2. The zero-order valence-corrected chi connectivity index (χ0v) is 9.94. The fraction of sp³-hybridized carbons (Fsp3) is 0.545. The Kier molecular flexibility index (Phi) is 3.91. The van der Waals surface area contributed by atoms with Gasteiger partial charge in [-0.15, -0.1) is 11.6 Å². The monoisotopic (exact) mass is 231 g/mol. The first-order chi connectivity index (χ1) is 6.98. The topological polar surface area (TPSA) is 22.1 Å². The first-order valence-electron chi connectivity index (χ1n) is 4.88. The molecule has 15 heavy (non-hydrogen) atoms. The third kappa shape index (κ3) is 3.34. The van der Waals surface area contributed by atoms with E-state index in [0.717, 1.165) is 12.6 Å². The van der Waals surface area contributed by atoms with Crippen LogP contribution in [-0.2, 0) is 5.88 Å². The molecule has 2 nitrogen and oxygen atoms in total. The van der Waals surface area contributed by atoms with E-state index in [-0.39, 0.29) is 11.5 Å². The largest absolute Gasteiger partial charge is 0.471 e. The summed E-state index contributed by atoms with van der Waals surface area (Å²) in [5.74, 6) is 0.213. The number of nitrogens with zero attached hydrogens (tertiary/aromatic N) is 1. The van der Waals surface area contributed by atoms with Crippen LogP contribution in [0.1, 0.15) is 32.8 Å². The lowest BCUT2D eigenvalue weighted by Gasteiger charge is -2.25. The minimum atomic E-state index is -0.396. The van der Waals surface area contributed by atoms with Crippen molar-refractivity contribution in [2.75, 3.05) is 0 Å². The first-order valence-corrected chi connectivity index (χ1v) is 5.41. The van der Waals surface area contributed by atoms with Crippen LogP contribution in [-0.4, -0.2) is 10.6 Å². The van der Waals surface area contributed by atoms with Crippen LogP contribution in [0.3, 0.4) is 0 Å². The van der Waals surface area contributed by atoms with E-state index in [1.54, 1.807) is 0 Å². The number of aromatic nitrogens is 1. The molecule has 4 heteroatoms. The van der Waals surface area contributed by atoms with Gasteiger partial charge < -0.3 is 4.74 Å². The van der Waals surface area contributed by atoms with E-state index in [2.05, 4.69) is 4.98 Å². The molecular weight excluding hydrogens is 217 g/mol. The minimum Gasteiger partial charge on any atom is -0.471 e. The van der Waals surface area contributed by atoms with Crippen molar-refractivity contribution in [3.63, 3.8) is 0 Å². The highest BCUT2D eigenvalue weighted by molar-refractivity contribution is 6.17. The Morgan fingerprint density at radius 1 is 1.53 bits per heavy atom. The van der Waals surface area contributed by atoms with Gasteiger partial charge in [0.15, 0.2) is 0 Å². The lowest BCUT2D eigenvalue weighted by Crippen LogP contribution is -2.27. The number of alkyl halides is 1. The van der Waals surface area contributed by atoms with Crippen LogP contribution in [0, 0.1) is 5.82 Å². The lowest BCUT2D eigenvalue weighted by atomic mass is 10.1. The molecule has 1 rings (SSSR count). The van der Waals surface area contributed by atoms with Crippen molar-refractivity contribution in [2.45, 2.75) is 38.7 Å². The van der Waals surface area contributed by atoms with Crippen LogP contribution < -0.4 is 4.74 Å². The van der Waals surface area contributed by atoms with Crippen LogP contribution in [0.2, 0.25) is 0 Å². The molecule has 0 aliphatic heterocycles. The quantitative estimate of drug-likeness (QED) is 0.740. The van der Waals surface area contributed by atoms with Gasteiger partial charge in [-0.3, -0.25) is 0 Å². The summed E-state index contributed by atoms with van der Waals surface area (Å²) in [5, 5.41) is 0. The predicted octanol–water partition coefficient (Wildman–Crippen LogP) is 3.53. The first kappa shape index (κ1) is 12.2. The van der Waals surface area contributed by atoms with E-state index < -0.39 is 5.82 Å². The van der Waals surface area contributed by atoms with Crippen LogP contribution in [0.5, 0.6) is 5.88 Å². The van der Waals surface area contributed by atoms with Gasteiger partial charge in [-0.2, -0.15) is 0 Å². The molecule has 0 aliphatic rings. The number of hydrogen-bond donors (Lipinski definition) is 0. The van der Waals surface area contributed by atoms with Gasteiger partial charge in [0, 0.05) is 5.56 Å². The molecule has 84 valence electrons. The van der Waals surface area contributed by atoms with Gasteiger partial charge in [0.25, 0.3) is 0 Å². The van der Waals surface area contributed by atoms with Gasteiger partial charge in [-0.1, -0.05) is 6.92 Å². The fourth-order valence-corrected chi connectivity index (χ4v) is 1.18. The van der Waals surface area contributed by atoms with Gasteiger partial charge >= 0.3 is 0 Å². The summed E-state index contributed by atoms with van der Waals surface area (Å²) >= 11 is 5.69. The number of ether oxygens (including phenoxy) is 1. The molecule has 0 radical (unpaired) electrons. The molecular formula is C11H15ClFNO. The molecule has 0 aromatic carbocycles. The van der Waals surface area contributed by atoms with E-state index in [9.17, 15) is 4.39 Å². The maximum Gasteiger partial charge on any atom is 0.218 e. The van der Waals surface area contributed by atoms with Crippen LogP contribution in [0.4, 0.5) is 4.39 Å². The molecule has 0 atom stereocenters. The maximum atomic E-state index is 12.9. The van der Waals surface area contributed by atoms with Crippen LogP contribution >= 0.6 is 11.6 Å². The molecule has 0 unspecified atom stereocenters. The summed E-state index contributed by atoms with van der Waals surface area (Å²) < 4.78 is 18.5. The zero-order valence-electron chi connectivity index (χ0n) is 9.18. The number of pyridine rings is 1. The predicted molar refractivity (Wildman–Crippen MR) is 58.8 cm³/mol. The van der Waals surface area contributed by atoms with E-state index >= 15 is 0 Å². The molecule has 1 heterocycles. The van der Waals surface area contributed by atoms with Gasteiger partial charge in [0.1, 0.15) is 11.4 Å². The molecule has 0 spiro atoms. The molecule has 0 saturated heterocycles. The molecule has 0 bridgehead atoms. The van der Waals surface area contributed by atoms with Gasteiger partial charge in [-0.05, 0) is 26.3 Å². The van der Waals surface area contributed by atoms with E-state index in [1.165, 1.54) is 6.07 Å². The summed E-state index contributed by atoms with van der Waals surface area (Å²) in [5.41, 5.74) is 0.268. The summed E-state index contributed by atoms with van der Waals surface area (Å²) in [6, 6.07) is 1.35. The Labute approximate surface area is 94.4 Å². The summed E-state index contributed by atoms with van der Waals surface area (Å²) in [6.07, 6.45) is 1.98. The molecule has 1 aromatic rings. The van der Waals surface area contributed by atoms with Crippen molar-refractivity contribution in [2.24, 2.45) is 0 Å². The van der Waals surface area contributed by atoms with E-state index in [0.29, 0.717) is 11.4 Å². The Hall–Kier alpha value is -0.830. The third-order valence-electron chi connectivity index (χ3n) is 2.26. The van der Waals surface area contributed by atoms with Crippen molar-refractivity contribution in [1.29, 1.82) is 0 Å². The Morgan fingerprint density at radius 2 is 2.20 bits per heavy atom. The second-order valence-electron chi connectivity index (χ2n) is 3.97. The molecule has 1 aromatic heterocycles. The SMILES string of the molecule is CCC(C)(C)Oc1ncc(F)cc1CCl. The van der Waals surface area contributed by atoms with Crippen molar-refractivity contribution in [3.8, 4) is 5.88 Å². The Bertz CT molecular complexity index is 341. The highest BCUT2D eigenvalue weighted by atomic mass is 35.5. The lowest BCUT2D eigenvalue weighted by molar-refractivity contribution is 0.0976. The second kappa shape index (κ2) is 4.79. The normalized spacial score (nSPS) is 11.5. The van der Waals surface area contributed by atoms with Gasteiger partial charge in [0.2, 0.25) is 5.88 Å². The number of hydrogen-bond acceptors (Lipinski definition) is 2. The van der Waals surface area contributed by atoms with Crippen LogP contribution in [0.15, 0.2) is 12.3 Å². The Morgan fingerprint density at radius 3 is 2.73 bits per heavy atom. The van der Waals surface area contributed by atoms with E-state index in [1.807, 2.05) is 20.8 Å². The minimum absolute atomic E-state index is 0.194. The van der Waals surface area contributed by atoms with Crippen molar-refractivity contribution in [3.05, 3.63) is 23.6 Å². The highest BCUT2D eigenvalue weighted by Gasteiger charge is 2.19. The molecule has 0 N–H and O–H groups in total. The average molecular weight is 232 g/mol. The summed E-state index contributed by atoms with van der Waals surface area (Å²) in [7, 11) is 0. The second-order valence-corrected chi connectivity index (χ2v) is 4.23. The smallest absolute Gasteiger partial charge is 0.218 e. The average Bonchev–Trinajstić information content (AvgIpc) is 2.20. The van der Waals surface area contributed by atoms with Crippen molar-refractivity contribution in [1.82, 2.24) is 4.98 Å². The highest BCUT2D eigenvalue weighted by Crippen LogP contribution is 2.24. The van der Waals surface area contributed by atoms with Crippen molar-refractivity contribution < 1.29 is 9.13 Å². The Balaban J connectivity index is 2.94. The van der Waals surface area contributed by atoms with Crippen molar-refractivity contribution >= 4 is 11.6 Å². The van der Waals surface area contributed by atoms with Crippen LogP contribution in [0.25, 0.3) is 0 Å². The third-order valence-corrected chi connectivity index (χ3v) is 2.55. The summed E-state index contributed by atoms with van der Waals surface area (Å²) in [6.45, 7) is 5.93. The standard InChI is InChI=1S/C11H15ClFNO/c1-4-11(2,3)15-10-8(6-12)5-9(13)7-14-10/h5,7H,4,6H2,1-3H3. The molecule has 0 aliphatic carbocycles. The summed E-state index contributed by atoms with van der Waals surface area (Å²) in [4.78, 5) is 3.90. The molecule has 0 amide bonds. The number of rotatable bonds is 4. The zero-order chi connectivity index (χ0) is 11.5. The van der Waals surface area contributed by atoms with Gasteiger partial charge in [0.05, 0.1) is 12.1 Å². The van der Waals surface area contributed by atoms with Gasteiger partial charge in [-0.25, -0.2) is 9.37 Å². The fourth-order valence-electron chi connectivity index (χ4n) is 0.990. The molecule has 0 saturated carbocycles. The molecule has 0 fully saturated rings. The maximum absolute atomic E-state index is 12.9. The van der Waals surface area contributed by atoms with E-state index in [4.69, 9.17) is 16.3 Å².